The molecule has 1 spiro atoms. The van der Waals surface area contributed by atoms with Crippen LogP contribution in [0.25, 0.3) is 0 Å². The van der Waals surface area contributed by atoms with Crippen molar-refractivity contribution in [3.8, 4) is 0 Å². The van der Waals surface area contributed by atoms with Crippen LogP contribution < -0.4 is 5.32 Å². The zero-order valence-electron chi connectivity index (χ0n) is 13.2. The Bertz CT molecular complexity index is 320. The zero-order chi connectivity index (χ0) is 14.2. The predicted molar refractivity (Wildman–Crippen MR) is 79.6 cm³/mol. The van der Waals surface area contributed by atoms with Gasteiger partial charge >= 0.3 is 0 Å². The molecule has 2 aliphatic heterocycles. The molecule has 2 saturated heterocycles. The number of hydrogen-bond donors (Lipinski definition) is 1. The third kappa shape index (κ3) is 2.89. The second-order valence-electron chi connectivity index (χ2n) is 7.21. The Kier molecular flexibility index (Phi) is 4.37. The van der Waals surface area contributed by atoms with Crippen LogP contribution in [0.2, 0.25) is 0 Å². The van der Waals surface area contributed by atoms with Gasteiger partial charge in [-0.05, 0) is 31.7 Å². The average molecular weight is 282 g/mol. The molecule has 116 valence electrons. The van der Waals surface area contributed by atoms with Gasteiger partial charge in [-0.15, -0.1) is 0 Å². The lowest BCUT2D eigenvalue weighted by Gasteiger charge is -2.49. The summed E-state index contributed by atoms with van der Waals surface area (Å²) in [6, 6.07) is 1.13. The Morgan fingerprint density at radius 2 is 1.75 bits per heavy atom. The van der Waals surface area contributed by atoms with Gasteiger partial charge in [0.25, 0.3) is 0 Å². The molecular weight excluding hydrogens is 252 g/mol. The van der Waals surface area contributed by atoms with E-state index >= 15 is 0 Å². The minimum Gasteiger partial charge on any atom is -0.347 e. The van der Waals surface area contributed by atoms with Crippen molar-refractivity contribution in [3.05, 3.63) is 0 Å². The highest BCUT2D eigenvalue weighted by molar-refractivity contribution is 4.97. The summed E-state index contributed by atoms with van der Waals surface area (Å²) in [6.07, 6.45) is 4.58. The number of nitrogens with one attached hydrogen (secondary N) is 1. The van der Waals surface area contributed by atoms with Crippen molar-refractivity contribution in [1.82, 2.24) is 10.2 Å². The van der Waals surface area contributed by atoms with Crippen molar-refractivity contribution in [1.29, 1.82) is 0 Å². The van der Waals surface area contributed by atoms with E-state index in [-0.39, 0.29) is 5.79 Å². The van der Waals surface area contributed by atoms with Crippen LogP contribution in [-0.4, -0.2) is 56.1 Å². The summed E-state index contributed by atoms with van der Waals surface area (Å²) in [7, 11) is 2.10. The lowest BCUT2D eigenvalue weighted by molar-refractivity contribution is -0.195. The van der Waals surface area contributed by atoms with Crippen molar-refractivity contribution >= 4 is 0 Å². The molecule has 1 N–H and O–H groups in total. The number of piperidine rings is 1. The number of likely N-dealkylation sites (N-methyl/N-ethyl adjacent to an activating group) is 1. The maximum Gasteiger partial charge on any atom is 0.170 e. The van der Waals surface area contributed by atoms with Crippen molar-refractivity contribution in [2.75, 3.05) is 33.4 Å². The van der Waals surface area contributed by atoms with Crippen LogP contribution in [0.15, 0.2) is 0 Å². The van der Waals surface area contributed by atoms with Crippen LogP contribution in [0, 0.1) is 11.8 Å². The molecule has 0 aromatic carbocycles. The molecule has 0 aromatic heterocycles. The van der Waals surface area contributed by atoms with E-state index in [2.05, 4.69) is 31.1 Å². The molecule has 4 atom stereocenters. The molecule has 2 heterocycles. The van der Waals surface area contributed by atoms with E-state index in [1.807, 2.05) is 0 Å². The largest absolute Gasteiger partial charge is 0.347 e. The summed E-state index contributed by atoms with van der Waals surface area (Å²) in [5, 5.41) is 3.53. The SMILES string of the molecule is CNC1CCC2(CC1N1CC(C)CC(C)C1)OCCO2. The summed E-state index contributed by atoms with van der Waals surface area (Å²) < 4.78 is 11.9. The van der Waals surface area contributed by atoms with E-state index in [9.17, 15) is 0 Å². The van der Waals surface area contributed by atoms with E-state index in [1.165, 1.54) is 19.5 Å². The maximum absolute atomic E-state index is 5.97. The van der Waals surface area contributed by atoms with Crippen LogP contribution in [-0.2, 0) is 9.47 Å². The molecule has 20 heavy (non-hydrogen) atoms. The minimum absolute atomic E-state index is 0.276. The van der Waals surface area contributed by atoms with E-state index in [0.717, 1.165) is 44.3 Å². The Balaban J connectivity index is 1.73. The minimum atomic E-state index is -0.276. The third-order valence-corrected chi connectivity index (χ3v) is 5.37. The number of ether oxygens (including phenoxy) is 2. The molecule has 0 amide bonds. The van der Waals surface area contributed by atoms with E-state index in [1.54, 1.807) is 0 Å². The van der Waals surface area contributed by atoms with Crippen molar-refractivity contribution < 1.29 is 9.47 Å². The molecule has 0 radical (unpaired) electrons. The molecule has 0 bridgehead atoms. The molecule has 1 aliphatic carbocycles. The number of hydrogen-bond acceptors (Lipinski definition) is 4. The first-order valence-corrected chi connectivity index (χ1v) is 8.31. The van der Waals surface area contributed by atoms with E-state index in [0.29, 0.717) is 12.1 Å². The highest BCUT2D eigenvalue weighted by Crippen LogP contribution is 2.39. The summed E-state index contributed by atoms with van der Waals surface area (Å²) in [5.41, 5.74) is 0. The number of rotatable bonds is 2. The maximum atomic E-state index is 5.97. The van der Waals surface area contributed by atoms with Gasteiger partial charge in [0.15, 0.2) is 5.79 Å². The zero-order valence-corrected chi connectivity index (χ0v) is 13.2. The fourth-order valence-corrected chi connectivity index (χ4v) is 4.59. The van der Waals surface area contributed by atoms with Crippen LogP contribution >= 0.6 is 0 Å². The lowest BCUT2D eigenvalue weighted by atomic mass is 9.82. The smallest absolute Gasteiger partial charge is 0.170 e. The fourth-order valence-electron chi connectivity index (χ4n) is 4.59. The Morgan fingerprint density at radius 3 is 2.35 bits per heavy atom. The van der Waals surface area contributed by atoms with E-state index < -0.39 is 0 Å². The molecule has 4 heteroatoms. The fraction of sp³-hybridized carbons (Fsp3) is 1.00. The molecule has 4 nitrogen and oxygen atoms in total. The van der Waals surface area contributed by atoms with Gasteiger partial charge in [-0.25, -0.2) is 0 Å². The first-order chi connectivity index (χ1) is 9.62. The molecule has 3 aliphatic rings. The first kappa shape index (κ1) is 14.8. The quantitative estimate of drug-likeness (QED) is 0.838. The Morgan fingerprint density at radius 1 is 1.10 bits per heavy atom. The van der Waals surface area contributed by atoms with Gasteiger partial charge in [0, 0.05) is 38.0 Å². The highest BCUT2D eigenvalue weighted by Gasteiger charge is 2.47. The van der Waals surface area contributed by atoms with Gasteiger partial charge in [0.1, 0.15) is 0 Å². The predicted octanol–water partition coefficient (Wildman–Crippen LogP) is 1.85. The summed E-state index contributed by atoms with van der Waals surface area (Å²) in [5.74, 6) is 1.33. The van der Waals surface area contributed by atoms with Gasteiger partial charge in [-0.3, -0.25) is 4.90 Å². The van der Waals surface area contributed by atoms with Gasteiger partial charge in [0.2, 0.25) is 0 Å². The molecular formula is C16H30N2O2. The van der Waals surface area contributed by atoms with Gasteiger partial charge in [-0.2, -0.15) is 0 Å². The molecule has 4 unspecified atom stereocenters. The summed E-state index contributed by atoms with van der Waals surface area (Å²) in [4.78, 5) is 2.70. The second kappa shape index (κ2) is 5.91. The first-order valence-electron chi connectivity index (χ1n) is 8.31. The molecule has 0 aromatic rings. The Labute approximate surface area is 123 Å². The number of nitrogens with zero attached hydrogens (tertiary/aromatic N) is 1. The van der Waals surface area contributed by atoms with Crippen molar-refractivity contribution in [2.45, 2.75) is 57.4 Å². The van der Waals surface area contributed by atoms with Crippen LogP contribution in [0.4, 0.5) is 0 Å². The van der Waals surface area contributed by atoms with Crippen LogP contribution in [0.5, 0.6) is 0 Å². The van der Waals surface area contributed by atoms with Gasteiger partial charge < -0.3 is 14.8 Å². The number of likely N-dealkylation sites (tertiary alicyclic amines) is 1. The standard InChI is InChI=1S/C16H30N2O2/c1-12-8-13(2)11-18(10-12)15-9-16(19-6-7-20-16)5-4-14(15)17-3/h12-15,17H,4-11H2,1-3H3. The van der Waals surface area contributed by atoms with Gasteiger partial charge in [0.05, 0.1) is 13.2 Å². The summed E-state index contributed by atoms with van der Waals surface area (Å²) >= 11 is 0. The third-order valence-electron chi connectivity index (χ3n) is 5.37. The lowest BCUT2D eigenvalue weighted by Crippen LogP contribution is -2.59. The highest BCUT2D eigenvalue weighted by atomic mass is 16.7. The van der Waals surface area contributed by atoms with Gasteiger partial charge in [-0.1, -0.05) is 13.8 Å². The normalized spacial score (nSPS) is 42.1. The second-order valence-corrected chi connectivity index (χ2v) is 7.21. The van der Waals surface area contributed by atoms with Crippen LogP contribution in [0.1, 0.15) is 39.5 Å². The summed E-state index contributed by atoms with van der Waals surface area (Å²) in [6.45, 7) is 8.76. The average Bonchev–Trinajstić information content (AvgIpc) is 2.86. The molecule has 3 rings (SSSR count). The van der Waals surface area contributed by atoms with Crippen molar-refractivity contribution in [2.24, 2.45) is 11.8 Å². The van der Waals surface area contributed by atoms with Crippen LogP contribution in [0.3, 0.4) is 0 Å². The Hall–Kier alpha value is -0.160. The topological polar surface area (TPSA) is 33.7 Å². The molecule has 3 fully saturated rings. The monoisotopic (exact) mass is 282 g/mol. The van der Waals surface area contributed by atoms with Crippen molar-refractivity contribution in [3.63, 3.8) is 0 Å². The van der Waals surface area contributed by atoms with E-state index in [4.69, 9.17) is 9.47 Å². The molecule has 1 saturated carbocycles.